The fraction of sp³-hybridized carbons (Fsp3) is 0.538. The van der Waals surface area contributed by atoms with E-state index in [4.69, 9.17) is 0 Å². The van der Waals surface area contributed by atoms with Crippen molar-refractivity contribution in [3.05, 3.63) is 28.5 Å². The first kappa shape index (κ1) is 15.1. The largest absolute Gasteiger partial charge is 0.339 e. The molecule has 100 valence electrons. The zero-order chi connectivity index (χ0) is 13.5. The highest BCUT2D eigenvalue weighted by Crippen LogP contribution is 2.09. The Kier molecular flexibility index (Phi) is 6.29. The van der Waals surface area contributed by atoms with Crippen molar-refractivity contribution in [2.24, 2.45) is 0 Å². The molecule has 0 aliphatic heterocycles. The molecule has 1 aromatic rings. The molecule has 4 nitrogen and oxygen atoms in total. The van der Waals surface area contributed by atoms with Gasteiger partial charge in [-0.05, 0) is 62.0 Å². The van der Waals surface area contributed by atoms with Gasteiger partial charge in [0.1, 0.15) is 4.60 Å². The summed E-state index contributed by atoms with van der Waals surface area (Å²) < 4.78 is 0.745. The molecule has 0 aliphatic carbocycles. The first-order valence-corrected chi connectivity index (χ1v) is 6.89. The summed E-state index contributed by atoms with van der Waals surface area (Å²) in [6.45, 7) is 4.49. The maximum Gasteiger partial charge on any atom is 0.255 e. The van der Waals surface area contributed by atoms with E-state index < -0.39 is 0 Å². The molecule has 0 bridgehead atoms. The third-order valence-electron chi connectivity index (χ3n) is 2.68. The van der Waals surface area contributed by atoms with Crippen LogP contribution in [0, 0.1) is 0 Å². The van der Waals surface area contributed by atoms with E-state index in [0.717, 1.165) is 30.7 Å². The molecule has 0 fully saturated rings. The molecule has 0 saturated carbocycles. The Bertz CT molecular complexity index is 378. The Balaban J connectivity index is 2.59. The lowest BCUT2D eigenvalue weighted by molar-refractivity contribution is 0.0759. The minimum atomic E-state index is 0.0521. The van der Waals surface area contributed by atoms with Crippen molar-refractivity contribution in [1.29, 1.82) is 0 Å². The van der Waals surface area contributed by atoms with Gasteiger partial charge in [0.05, 0.1) is 5.56 Å². The average Bonchev–Trinajstić information content (AvgIpc) is 2.34. The predicted octanol–water partition coefficient (Wildman–Crippen LogP) is 2.26. The van der Waals surface area contributed by atoms with Crippen LogP contribution in [0.5, 0.6) is 0 Å². The van der Waals surface area contributed by atoms with Crippen molar-refractivity contribution in [3.8, 4) is 0 Å². The molecular weight excluding hydrogens is 294 g/mol. The van der Waals surface area contributed by atoms with E-state index in [0.29, 0.717) is 5.56 Å². The molecule has 0 N–H and O–H groups in total. The van der Waals surface area contributed by atoms with E-state index in [1.807, 2.05) is 25.9 Å². The summed E-state index contributed by atoms with van der Waals surface area (Å²) in [6, 6.07) is 3.59. The van der Waals surface area contributed by atoms with Gasteiger partial charge in [0.25, 0.3) is 5.91 Å². The standard InChI is InChI=1S/C13H20BrN3O/c1-4-17(9-5-8-16(2)3)13(18)11-6-7-12(14)15-10-11/h6-7,10H,4-5,8-9H2,1-3H3. The van der Waals surface area contributed by atoms with E-state index in [9.17, 15) is 4.79 Å². The molecule has 1 heterocycles. The van der Waals surface area contributed by atoms with Gasteiger partial charge in [-0.25, -0.2) is 4.98 Å². The number of carbonyl (C=O) groups excluding carboxylic acids is 1. The lowest BCUT2D eigenvalue weighted by atomic mass is 10.2. The maximum absolute atomic E-state index is 12.2. The van der Waals surface area contributed by atoms with Crippen LogP contribution in [-0.2, 0) is 0 Å². The van der Waals surface area contributed by atoms with E-state index in [1.165, 1.54) is 0 Å². The summed E-state index contributed by atoms with van der Waals surface area (Å²) in [5.74, 6) is 0.0521. The number of aromatic nitrogens is 1. The highest BCUT2D eigenvalue weighted by molar-refractivity contribution is 9.10. The van der Waals surface area contributed by atoms with Crippen molar-refractivity contribution in [1.82, 2.24) is 14.8 Å². The third-order valence-corrected chi connectivity index (χ3v) is 3.15. The molecule has 0 radical (unpaired) electrons. The van der Waals surface area contributed by atoms with Crippen molar-refractivity contribution in [2.75, 3.05) is 33.7 Å². The highest BCUT2D eigenvalue weighted by atomic mass is 79.9. The van der Waals surface area contributed by atoms with Gasteiger partial charge in [0.15, 0.2) is 0 Å². The van der Waals surface area contributed by atoms with Crippen LogP contribution in [0.4, 0.5) is 0 Å². The summed E-state index contributed by atoms with van der Waals surface area (Å²) >= 11 is 3.27. The molecule has 1 amide bonds. The second-order valence-electron chi connectivity index (χ2n) is 4.41. The Morgan fingerprint density at radius 1 is 1.33 bits per heavy atom. The molecule has 0 spiro atoms. The number of hydrogen-bond acceptors (Lipinski definition) is 3. The molecule has 1 aromatic heterocycles. The quantitative estimate of drug-likeness (QED) is 0.756. The molecule has 1 rings (SSSR count). The summed E-state index contributed by atoms with van der Waals surface area (Å²) in [7, 11) is 4.08. The van der Waals surface area contributed by atoms with E-state index in [-0.39, 0.29) is 5.91 Å². The van der Waals surface area contributed by atoms with Crippen LogP contribution >= 0.6 is 15.9 Å². The van der Waals surface area contributed by atoms with Crippen LogP contribution < -0.4 is 0 Å². The van der Waals surface area contributed by atoms with Gasteiger partial charge in [-0.3, -0.25) is 4.79 Å². The third kappa shape index (κ3) is 4.74. The summed E-state index contributed by atoms with van der Waals surface area (Å²) in [4.78, 5) is 20.3. The van der Waals surface area contributed by atoms with Crippen LogP contribution in [0.15, 0.2) is 22.9 Å². The van der Waals surface area contributed by atoms with Gasteiger partial charge in [-0.2, -0.15) is 0 Å². The van der Waals surface area contributed by atoms with Gasteiger partial charge in [-0.15, -0.1) is 0 Å². The molecule has 5 heteroatoms. The molecule has 0 unspecified atom stereocenters. The topological polar surface area (TPSA) is 36.4 Å². The van der Waals surface area contributed by atoms with Crippen molar-refractivity contribution < 1.29 is 4.79 Å². The Hall–Kier alpha value is -0.940. The smallest absolute Gasteiger partial charge is 0.255 e. The van der Waals surface area contributed by atoms with Crippen LogP contribution in [0.3, 0.4) is 0 Å². The Labute approximate surface area is 117 Å². The number of halogens is 1. The second-order valence-corrected chi connectivity index (χ2v) is 5.22. The van der Waals surface area contributed by atoms with Gasteiger partial charge in [0.2, 0.25) is 0 Å². The van der Waals surface area contributed by atoms with Crippen LogP contribution in [0.1, 0.15) is 23.7 Å². The molecule has 18 heavy (non-hydrogen) atoms. The van der Waals surface area contributed by atoms with Crippen LogP contribution in [-0.4, -0.2) is 54.4 Å². The van der Waals surface area contributed by atoms with E-state index in [1.54, 1.807) is 18.3 Å². The normalized spacial score (nSPS) is 10.7. The number of nitrogens with zero attached hydrogens (tertiary/aromatic N) is 3. The van der Waals surface area contributed by atoms with Crippen molar-refractivity contribution >= 4 is 21.8 Å². The fourth-order valence-corrected chi connectivity index (χ4v) is 1.90. The molecule has 0 aromatic carbocycles. The number of rotatable bonds is 6. The molecule has 0 atom stereocenters. The van der Waals surface area contributed by atoms with Gasteiger partial charge in [0, 0.05) is 19.3 Å². The molecular formula is C13H20BrN3O. The monoisotopic (exact) mass is 313 g/mol. The summed E-state index contributed by atoms with van der Waals surface area (Å²) in [5.41, 5.74) is 0.643. The van der Waals surface area contributed by atoms with Gasteiger partial charge >= 0.3 is 0 Å². The number of carbonyl (C=O) groups is 1. The second kappa shape index (κ2) is 7.48. The summed E-state index contributed by atoms with van der Waals surface area (Å²) in [6.07, 6.45) is 2.59. The lowest BCUT2D eigenvalue weighted by Crippen LogP contribution is -2.33. The van der Waals surface area contributed by atoms with Crippen molar-refractivity contribution in [3.63, 3.8) is 0 Å². The lowest BCUT2D eigenvalue weighted by Gasteiger charge is -2.21. The Morgan fingerprint density at radius 2 is 2.06 bits per heavy atom. The first-order chi connectivity index (χ1) is 8.54. The van der Waals surface area contributed by atoms with E-state index >= 15 is 0 Å². The van der Waals surface area contributed by atoms with E-state index in [2.05, 4.69) is 25.8 Å². The number of amides is 1. The van der Waals surface area contributed by atoms with Gasteiger partial charge < -0.3 is 9.80 Å². The highest BCUT2D eigenvalue weighted by Gasteiger charge is 2.13. The van der Waals surface area contributed by atoms with Crippen LogP contribution in [0.25, 0.3) is 0 Å². The SMILES string of the molecule is CCN(CCCN(C)C)C(=O)c1ccc(Br)nc1. The molecule has 0 aliphatic rings. The predicted molar refractivity (Wildman–Crippen MR) is 76.7 cm³/mol. The zero-order valence-electron chi connectivity index (χ0n) is 11.2. The zero-order valence-corrected chi connectivity index (χ0v) is 12.8. The molecule has 0 saturated heterocycles. The van der Waals surface area contributed by atoms with Gasteiger partial charge in [-0.1, -0.05) is 0 Å². The minimum Gasteiger partial charge on any atom is -0.339 e. The average molecular weight is 314 g/mol. The number of hydrogen-bond donors (Lipinski definition) is 0. The number of pyridine rings is 1. The van der Waals surface area contributed by atoms with Crippen molar-refractivity contribution in [2.45, 2.75) is 13.3 Å². The minimum absolute atomic E-state index is 0.0521. The summed E-state index contributed by atoms with van der Waals surface area (Å²) in [5, 5.41) is 0. The maximum atomic E-state index is 12.2. The van der Waals surface area contributed by atoms with Crippen LogP contribution in [0.2, 0.25) is 0 Å². The first-order valence-electron chi connectivity index (χ1n) is 6.10. The fourth-order valence-electron chi connectivity index (χ4n) is 1.67. The Morgan fingerprint density at radius 3 is 2.56 bits per heavy atom.